The smallest absolute Gasteiger partial charge is 0.268 e. The molecule has 0 aromatic carbocycles. The van der Waals surface area contributed by atoms with Gasteiger partial charge in [0.15, 0.2) is 0 Å². The molecule has 3 rings (SSSR count). The fourth-order valence-electron chi connectivity index (χ4n) is 3.43. The molecular weight excluding hydrogens is 267 g/mol. The van der Waals surface area contributed by atoms with Crippen LogP contribution in [0.2, 0.25) is 12.6 Å². The van der Waals surface area contributed by atoms with Gasteiger partial charge in [-0.2, -0.15) is 0 Å². The molecule has 3 aliphatic rings. The highest BCUT2D eigenvalue weighted by molar-refractivity contribution is 6.67. The maximum atomic E-state index is 11.9. The number of carbonyl (C=O) groups is 2. The molecule has 2 saturated heterocycles. The van der Waals surface area contributed by atoms with Gasteiger partial charge in [-0.25, -0.2) is 10.7 Å². The van der Waals surface area contributed by atoms with Gasteiger partial charge >= 0.3 is 0 Å². The lowest BCUT2D eigenvalue weighted by atomic mass is 9.42. The quantitative estimate of drug-likeness (QED) is 0.569. The summed E-state index contributed by atoms with van der Waals surface area (Å²) in [6, 6.07) is 0.403. The van der Waals surface area contributed by atoms with E-state index in [9.17, 15) is 9.59 Å². The van der Waals surface area contributed by atoms with Crippen molar-refractivity contribution >= 4 is 18.5 Å². The van der Waals surface area contributed by atoms with Crippen molar-refractivity contribution < 1.29 is 9.59 Å². The molecule has 0 bridgehead atoms. The van der Waals surface area contributed by atoms with Gasteiger partial charge < -0.3 is 5.01 Å². The summed E-state index contributed by atoms with van der Waals surface area (Å²) in [6.07, 6.45) is 6.96. The number of hydrogen-bond donors (Lipinski definition) is 2. The molecule has 3 aliphatic heterocycles. The van der Waals surface area contributed by atoms with Crippen molar-refractivity contribution in [2.75, 3.05) is 6.54 Å². The van der Waals surface area contributed by atoms with Crippen molar-refractivity contribution in [2.45, 2.75) is 44.4 Å². The van der Waals surface area contributed by atoms with Crippen molar-refractivity contribution in [3.05, 3.63) is 11.8 Å². The van der Waals surface area contributed by atoms with Crippen LogP contribution in [0.15, 0.2) is 11.8 Å². The molecule has 1 atom stereocenters. The van der Waals surface area contributed by atoms with Crippen LogP contribution in [0, 0.1) is 17.1 Å². The van der Waals surface area contributed by atoms with E-state index in [1.165, 1.54) is 0 Å². The summed E-state index contributed by atoms with van der Waals surface area (Å²) in [5.74, 6) is 1.82. The normalized spacial score (nSPS) is 27.4. The van der Waals surface area contributed by atoms with Gasteiger partial charge in [-0.3, -0.25) is 14.9 Å². The summed E-state index contributed by atoms with van der Waals surface area (Å²) in [5.41, 5.74) is 4.39. The van der Waals surface area contributed by atoms with E-state index >= 15 is 0 Å². The SMILES string of the molecule is N#CB1CCC(N2C=C(C3CCC(=O)NC3=O)CN2)CC1. The van der Waals surface area contributed by atoms with Gasteiger partial charge in [-0.15, -0.1) is 0 Å². The second-order valence-electron chi connectivity index (χ2n) is 6.08. The van der Waals surface area contributed by atoms with Crippen molar-refractivity contribution in [2.24, 2.45) is 5.92 Å². The van der Waals surface area contributed by atoms with Gasteiger partial charge in [0, 0.05) is 31.2 Å². The van der Waals surface area contributed by atoms with Gasteiger partial charge in [0.25, 0.3) is 6.71 Å². The topological polar surface area (TPSA) is 85.2 Å². The van der Waals surface area contributed by atoms with Crippen molar-refractivity contribution in [3.8, 4) is 5.97 Å². The second-order valence-corrected chi connectivity index (χ2v) is 6.08. The lowest BCUT2D eigenvalue weighted by Crippen LogP contribution is -2.42. The molecule has 7 heteroatoms. The number of imide groups is 1. The number of piperidine rings is 1. The van der Waals surface area contributed by atoms with Crippen LogP contribution in [0.4, 0.5) is 0 Å². The Bertz CT molecular complexity index is 520. The van der Waals surface area contributed by atoms with Gasteiger partial charge in [0.2, 0.25) is 11.8 Å². The fourth-order valence-corrected chi connectivity index (χ4v) is 3.43. The summed E-state index contributed by atoms with van der Waals surface area (Å²) >= 11 is 0. The molecule has 2 amide bonds. The van der Waals surface area contributed by atoms with Gasteiger partial charge in [0.05, 0.1) is 5.92 Å². The van der Waals surface area contributed by atoms with Crippen LogP contribution >= 0.6 is 0 Å². The molecule has 6 nitrogen and oxygen atoms in total. The first-order valence-corrected chi connectivity index (χ1v) is 7.63. The zero-order valence-corrected chi connectivity index (χ0v) is 12.0. The van der Waals surface area contributed by atoms with Crippen LogP contribution in [0.1, 0.15) is 25.7 Å². The van der Waals surface area contributed by atoms with Crippen LogP contribution in [0.25, 0.3) is 0 Å². The maximum absolute atomic E-state index is 11.9. The molecule has 0 aromatic rings. The molecule has 2 fully saturated rings. The molecule has 0 radical (unpaired) electrons. The Morgan fingerprint density at radius 3 is 2.71 bits per heavy atom. The lowest BCUT2D eigenvalue weighted by Gasteiger charge is -2.31. The highest BCUT2D eigenvalue weighted by atomic mass is 16.2. The number of nitriles is 1. The van der Waals surface area contributed by atoms with E-state index in [2.05, 4.69) is 21.7 Å². The van der Waals surface area contributed by atoms with E-state index in [0.717, 1.165) is 31.1 Å². The molecule has 0 aromatic heterocycles. The van der Waals surface area contributed by atoms with Crippen LogP contribution in [0.5, 0.6) is 0 Å². The zero-order valence-electron chi connectivity index (χ0n) is 12.0. The number of hydrazine groups is 1. The summed E-state index contributed by atoms with van der Waals surface area (Å²) in [6.45, 7) is 0.868. The number of hydrogen-bond acceptors (Lipinski definition) is 5. The molecule has 0 aliphatic carbocycles. The van der Waals surface area contributed by atoms with Crippen LogP contribution in [0.3, 0.4) is 0 Å². The summed E-state index contributed by atoms with van der Waals surface area (Å²) in [5, 5.41) is 13.5. The average Bonchev–Trinajstić information content (AvgIpc) is 2.97. The maximum Gasteiger partial charge on any atom is 0.268 e. The van der Waals surface area contributed by atoms with Gasteiger partial charge in [-0.1, -0.05) is 12.6 Å². The Morgan fingerprint density at radius 2 is 2.05 bits per heavy atom. The third-order valence-electron chi connectivity index (χ3n) is 4.73. The molecule has 0 spiro atoms. The number of carbonyl (C=O) groups excluding carboxylic acids is 2. The minimum Gasteiger partial charge on any atom is -0.312 e. The van der Waals surface area contributed by atoms with Crippen LogP contribution < -0.4 is 10.7 Å². The molecule has 110 valence electrons. The third-order valence-corrected chi connectivity index (χ3v) is 4.73. The average molecular weight is 286 g/mol. The van der Waals surface area contributed by atoms with E-state index in [1.54, 1.807) is 0 Å². The first-order valence-electron chi connectivity index (χ1n) is 7.63. The Hall–Kier alpha value is -1.81. The predicted molar refractivity (Wildman–Crippen MR) is 77.8 cm³/mol. The monoisotopic (exact) mass is 286 g/mol. The second kappa shape index (κ2) is 5.90. The van der Waals surface area contributed by atoms with Gasteiger partial charge in [0.1, 0.15) is 0 Å². The molecule has 3 heterocycles. The minimum absolute atomic E-state index is 0.172. The Kier molecular flexibility index (Phi) is 3.97. The molecule has 2 N–H and O–H groups in total. The molecule has 0 saturated carbocycles. The molecular formula is C14H19BN4O2. The Morgan fingerprint density at radius 1 is 1.29 bits per heavy atom. The van der Waals surface area contributed by atoms with E-state index < -0.39 is 0 Å². The van der Waals surface area contributed by atoms with Crippen molar-refractivity contribution in [1.82, 2.24) is 15.8 Å². The van der Waals surface area contributed by atoms with E-state index in [1.807, 2.05) is 6.20 Å². The highest BCUT2D eigenvalue weighted by Gasteiger charge is 2.34. The van der Waals surface area contributed by atoms with Crippen molar-refractivity contribution in [3.63, 3.8) is 0 Å². The summed E-state index contributed by atoms with van der Waals surface area (Å²) in [4.78, 5) is 23.1. The number of nitrogens with zero attached hydrogens (tertiary/aromatic N) is 2. The van der Waals surface area contributed by atoms with E-state index in [0.29, 0.717) is 25.4 Å². The summed E-state index contributed by atoms with van der Waals surface area (Å²) in [7, 11) is 0. The lowest BCUT2D eigenvalue weighted by molar-refractivity contribution is -0.135. The largest absolute Gasteiger partial charge is 0.312 e. The standard InChI is InChI=1S/C14H19BN4O2/c16-9-15-5-3-11(4-6-15)19-8-10(7-17-19)12-1-2-13(20)18-14(12)21/h8,11-12,17H,1-7H2,(H,18,20,21). The van der Waals surface area contributed by atoms with E-state index in [-0.39, 0.29) is 24.4 Å². The fraction of sp³-hybridized carbons (Fsp3) is 0.643. The predicted octanol–water partition coefficient (Wildman–Crippen LogP) is 0.463. The zero-order chi connectivity index (χ0) is 14.8. The van der Waals surface area contributed by atoms with Crippen molar-refractivity contribution in [1.29, 1.82) is 5.26 Å². The first-order chi connectivity index (χ1) is 10.2. The Balaban J connectivity index is 1.61. The van der Waals surface area contributed by atoms with E-state index in [4.69, 9.17) is 5.26 Å². The molecule has 1 unspecified atom stereocenters. The number of nitrogens with one attached hydrogen (secondary N) is 2. The highest BCUT2D eigenvalue weighted by Crippen LogP contribution is 2.28. The van der Waals surface area contributed by atoms with Crippen LogP contribution in [-0.2, 0) is 9.59 Å². The number of amides is 2. The molecule has 21 heavy (non-hydrogen) atoms. The minimum atomic E-state index is -0.185. The summed E-state index contributed by atoms with van der Waals surface area (Å²) < 4.78 is 0. The van der Waals surface area contributed by atoms with Crippen LogP contribution in [-0.4, -0.2) is 36.1 Å². The first kappa shape index (κ1) is 14.1. The Labute approximate surface area is 124 Å². The third kappa shape index (κ3) is 2.95. The van der Waals surface area contributed by atoms with Gasteiger partial charge in [-0.05, 0) is 24.8 Å². The number of rotatable bonds is 2.